The fraction of sp³-hybridized carbons (Fsp3) is 0.625. The average molecular weight is 262 g/mol. The number of hydrogen-bond acceptors (Lipinski definition) is 2. The molecule has 1 atom stereocenters. The SMILES string of the molecule is CC(C)C1(CN2CCc3ccc(F)cc32)CCNC1. The monoisotopic (exact) mass is 262 g/mol. The minimum atomic E-state index is -0.117. The Morgan fingerprint density at radius 2 is 2.26 bits per heavy atom. The molecule has 0 bridgehead atoms. The summed E-state index contributed by atoms with van der Waals surface area (Å²) in [4.78, 5) is 2.39. The molecule has 0 spiro atoms. The molecule has 1 fully saturated rings. The lowest BCUT2D eigenvalue weighted by molar-refractivity contribution is 0.224. The van der Waals surface area contributed by atoms with E-state index < -0.39 is 0 Å². The summed E-state index contributed by atoms with van der Waals surface area (Å²) in [6, 6.07) is 5.23. The first-order valence-electron chi connectivity index (χ1n) is 7.35. The second-order valence-corrected chi connectivity index (χ2v) is 6.39. The lowest BCUT2D eigenvalue weighted by atomic mass is 9.76. The van der Waals surface area contributed by atoms with Gasteiger partial charge < -0.3 is 10.2 Å². The fourth-order valence-electron chi connectivity index (χ4n) is 3.54. The van der Waals surface area contributed by atoms with Crippen LogP contribution in [0.5, 0.6) is 0 Å². The van der Waals surface area contributed by atoms with E-state index in [1.54, 1.807) is 12.1 Å². The van der Waals surface area contributed by atoms with Gasteiger partial charge in [-0.05, 0) is 43.0 Å². The van der Waals surface area contributed by atoms with Crippen LogP contribution in [0, 0.1) is 17.2 Å². The number of nitrogens with zero attached hydrogens (tertiary/aromatic N) is 1. The van der Waals surface area contributed by atoms with Crippen LogP contribution >= 0.6 is 0 Å². The molecule has 2 nitrogen and oxygen atoms in total. The van der Waals surface area contributed by atoms with E-state index in [1.165, 1.54) is 12.0 Å². The van der Waals surface area contributed by atoms with E-state index >= 15 is 0 Å². The fourth-order valence-corrected chi connectivity index (χ4v) is 3.54. The predicted molar refractivity (Wildman–Crippen MR) is 77.1 cm³/mol. The Labute approximate surface area is 115 Å². The summed E-state index contributed by atoms with van der Waals surface area (Å²) in [7, 11) is 0. The van der Waals surface area contributed by atoms with Crippen molar-refractivity contribution in [3.05, 3.63) is 29.6 Å². The molecule has 0 aliphatic carbocycles. The van der Waals surface area contributed by atoms with Gasteiger partial charge in [-0.15, -0.1) is 0 Å². The highest BCUT2D eigenvalue weighted by Crippen LogP contribution is 2.38. The molecule has 1 unspecified atom stereocenters. The number of fused-ring (bicyclic) bond motifs is 1. The molecule has 19 heavy (non-hydrogen) atoms. The second kappa shape index (κ2) is 4.78. The van der Waals surface area contributed by atoms with Crippen LogP contribution in [0.2, 0.25) is 0 Å². The van der Waals surface area contributed by atoms with E-state index in [2.05, 4.69) is 24.1 Å². The number of nitrogens with one attached hydrogen (secondary N) is 1. The smallest absolute Gasteiger partial charge is 0.125 e. The van der Waals surface area contributed by atoms with Crippen molar-refractivity contribution in [3.8, 4) is 0 Å². The number of halogens is 1. The summed E-state index contributed by atoms with van der Waals surface area (Å²) in [5.74, 6) is 0.536. The van der Waals surface area contributed by atoms with Gasteiger partial charge in [0.1, 0.15) is 5.82 Å². The third kappa shape index (κ3) is 2.25. The number of hydrogen-bond donors (Lipinski definition) is 1. The number of rotatable bonds is 3. The zero-order valence-electron chi connectivity index (χ0n) is 11.9. The minimum absolute atomic E-state index is 0.117. The van der Waals surface area contributed by atoms with Crippen molar-refractivity contribution in [3.63, 3.8) is 0 Å². The molecule has 1 saturated heterocycles. The molecule has 1 aromatic rings. The largest absolute Gasteiger partial charge is 0.370 e. The Hall–Kier alpha value is -1.09. The highest BCUT2D eigenvalue weighted by Gasteiger charge is 2.39. The van der Waals surface area contributed by atoms with E-state index in [1.807, 2.05) is 6.07 Å². The Morgan fingerprint density at radius 3 is 2.95 bits per heavy atom. The Bertz CT molecular complexity index is 464. The first-order chi connectivity index (χ1) is 9.11. The van der Waals surface area contributed by atoms with Gasteiger partial charge in [-0.1, -0.05) is 19.9 Å². The van der Waals surface area contributed by atoms with Crippen LogP contribution in [-0.4, -0.2) is 26.2 Å². The van der Waals surface area contributed by atoms with Gasteiger partial charge in [-0.3, -0.25) is 0 Å². The highest BCUT2D eigenvalue weighted by molar-refractivity contribution is 5.58. The molecular formula is C16H23FN2. The van der Waals surface area contributed by atoms with Gasteiger partial charge in [0.25, 0.3) is 0 Å². The van der Waals surface area contributed by atoms with Crippen molar-refractivity contribution in [2.24, 2.45) is 11.3 Å². The van der Waals surface area contributed by atoms with E-state index in [9.17, 15) is 4.39 Å². The maximum atomic E-state index is 13.5. The summed E-state index contributed by atoms with van der Waals surface area (Å²) in [5, 5.41) is 3.50. The molecular weight excluding hydrogens is 239 g/mol. The molecule has 0 saturated carbocycles. The molecule has 104 valence electrons. The van der Waals surface area contributed by atoms with E-state index in [0.717, 1.165) is 38.3 Å². The van der Waals surface area contributed by atoms with Crippen LogP contribution in [0.3, 0.4) is 0 Å². The first kappa shape index (κ1) is 12.9. The van der Waals surface area contributed by atoms with Gasteiger partial charge in [-0.25, -0.2) is 4.39 Å². The Kier molecular flexibility index (Phi) is 3.25. The maximum absolute atomic E-state index is 13.5. The Morgan fingerprint density at radius 1 is 1.42 bits per heavy atom. The molecule has 0 radical (unpaired) electrons. The summed E-state index contributed by atoms with van der Waals surface area (Å²) in [5.41, 5.74) is 2.76. The topological polar surface area (TPSA) is 15.3 Å². The Balaban J connectivity index is 1.84. The van der Waals surface area contributed by atoms with Crippen LogP contribution in [0.15, 0.2) is 18.2 Å². The van der Waals surface area contributed by atoms with Crippen LogP contribution in [0.4, 0.5) is 10.1 Å². The van der Waals surface area contributed by atoms with Crippen molar-refractivity contribution >= 4 is 5.69 Å². The van der Waals surface area contributed by atoms with Crippen LogP contribution in [0.25, 0.3) is 0 Å². The zero-order chi connectivity index (χ0) is 13.5. The van der Waals surface area contributed by atoms with Crippen molar-refractivity contribution in [2.75, 3.05) is 31.1 Å². The first-order valence-corrected chi connectivity index (χ1v) is 7.35. The van der Waals surface area contributed by atoms with Crippen molar-refractivity contribution < 1.29 is 4.39 Å². The van der Waals surface area contributed by atoms with Gasteiger partial charge in [0, 0.05) is 30.7 Å². The summed E-state index contributed by atoms with van der Waals surface area (Å²) in [6.07, 6.45) is 2.28. The van der Waals surface area contributed by atoms with E-state index in [0.29, 0.717) is 11.3 Å². The molecule has 1 N–H and O–H groups in total. The lowest BCUT2D eigenvalue weighted by Gasteiger charge is -2.37. The predicted octanol–water partition coefficient (Wildman–Crippen LogP) is 2.82. The number of anilines is 1. The third-order valence-corrected chi connectivity index (χ3v) is 5.05. The van der Waals surface area contributed by atoms with Gasteiger partial charge in [0.2, 0.25) is 0 Å². The van der Waals surface area contributed by atoms with E-state index in [4.69, 9.17) is 0 Å². The zero-order valence-corrected chi connectivity index (χ0v) is 11.9. The third-order valence-electron chi connectivity index (χ3n) is 5.05. The average Bonchev–Trinajstić information content (AvgIpc) is 2.98. The maximum Gasteiger partial charge on any atom is 0.125 e. The molecule has 2 heterocycles. The van der Waals surface area contributed by atoms with Gasteiger partial charge in [-0.2, -0.15) is 0 Å². The van der Waals surface area contributed by atoms with Gasteiger partial charge in [0.05, 0.1) is 0 Å². The summed E-state index contributed by atoms with van der Waals surface area (Å²) in [6.45, 7) is 8.92. The quantitative estimate of drug-likeness (QED) is 0.901. The molecule has 3 rings (SSSR count). The van der Waals surface area contributed by atoms with E-state index in [-0.39, 0.29) is 5.82 Å². The minimum Gasteiger partial charge on any atom is -0.370 e. The molecule has 0 amide bonds. The molecule has 2 aliphatic rings. The van der Waals surface area contributed by atoms with Crippen molar-refractivity contribution in [2.45, 2.75) is 26.7 Å². The summed E-state index contributed by atoms with van der Waals surface area (Å²) < 4.78 is 13.5. The van der Waals surface area contributed by atoms with Crippen molar-refractivity contribution in [1.82, 2.24) is 5.32 Å². The highest BCUT2D eigenvalue weighted by atomic mass is 19.1. The normalized spacial score (nSPS) is 26.2. The lowest BCUT2D eigenvalue weighted by Crippen LogP contribution is -2.42. The molecule has 1 aromatic carbocycles. The standard InChI is InChI=1S/C16H23FN2/c1-12(2)16(6-7-18-10-16)11-19-8-5-13-3-4-14(17)9-15(13)19/h3-4,9,12,18H,5-8,10-11H2,1-2H3. The number of benzene rings is 1. The van der Waals surface area contributed by atoms with Crippen LogP contribution < -0.4 is 10.2 Å². The molecule has 2 aliphatic heterocycles. The second-order valence-electron chi connectivity index (χ2n) is 6.39. The van der Waals surface area contributed by atoms with Gasteiger partial charge >= 0.3 is 0 Å². The van der Waals surface area contributed by atoms with Crippen LogP contribution in [0.1, 0.15) is 25.8 Å². The molecule has 3 heteroatoms. The van der Waals surface area contributed by atoms with Gasteiger partial charge in [0.15, 0.2) is 0 Å². The molecule has 0 aromatic heterocycles. The van der Waals surface area contributed by atoms with Crippen molar-refractivity contribution in [1.29, 1.82) is 0 Å². The van der Waals surface area contributed by atoms with Crippen LogP contribution in [-0.2, 0) is 6.42 Å². The summed E-state index contributed by atoms with van der Waals surface area (Å²) >= 11 is 0.